The van der Waals surface area contributed by atoms with Gasteiger partial charge in [-0.05, 0) is 67.8 Å². The molecule has 2 heterocycles. The molecule has 0 radical (unpaired) electrons. The van der Waals surface area contributed by atoms with Crippen molar-refractivity contribution in [1.29, 1.82) is 0 Å². The normalized spacial score (nSPS) is 16.0. The molecular weight excluding hydrogens is 402 g/mol. The second-order valence-electron chi connectivity index (χ2n) is 7.52. The highest BCUT2D eigenvalue weighted by Gasteiger charge is 2.30. The number of aromatic nitrogens is 1. The first kappa shape index (κ1) is 20.4. The lowest BCUT2D eigenvalue weighted by molar-refractivity contribution is -0.143. The zero-order valence-corrected chi connectivity index (χ0v) is 18.5. The van der Waals surface area contributed by atoms with E-state index >= 15 is 0 Å². The largest absolute Gasteiger partial charge is 0.466 e. The summed E-state index contributed by atoms with van der Waals surface area (Å²) in [6.07, 6.45) is 5.54. The van der Waals surface area contributed by atoms with Crippen molar-refractivity contribution >= 4 is 40.2 Å². The van der Waals surface area contributed by atoms with Crippen LogP contribution in [0.4, 0.5) is 0 Å². The van der Waals surface area contributed by atoms with Gasteiger partial charge in [-0.1, -0.05) is 29.8 Å². The Balaban J connectivity index is 1.86. The van der Waals surface area contributed by atoms with Crippen LogP contribution in [0.25, 0.3) is 10.9 Å². The molecule has 29 heavy (non-hydrogen) atoms. The van der Waals surface area contributed by atoms with Gasteiger partial charge in [-0.3, -0.25) is 4.79 Å². The number of esters is 1. The third-order valence-corrected chi connectivity index (χ3v) is 6.78. The fourth-order valence-corrected chi connectivity index (χ4v) is 5.36. The number of ether oxygens (including phenoxy) is 1. The van der Waals surface area contributed by atoms with E-state index in [1.165, 1.54) is 32.6 Å². The average Bonchev–Trinajstić information content (AvgIpc) is 3.05. The van der Waals surface area contributed by atoms with E-state index in [4.69, 9.17) is 16.3 Å². The molecule has 0 spiro atoms. The number of carbonyl (C=O) groups is 1. The predicted molar refractivity (Wildman–Crippen MR) is 121 cm³/mol. The lowest BCUT2D eigenvalue weighted by Gasteiger charge is -2.26. The molecule has 1 aromatic heterocycles. The number of fused-ring (bicyclic) bond motifs is 3. The summed E-state index contributed by atoms with van der Waals surface area (Å²) in [6.45, 7) is 3.30. The van der Waals surface area contributed by atoms with Crippen LogP contribution < -0.4 is 0 Å². The minimum absolute atomic E-state index is 0.0984. The molecule has 0 aliphatic carbocycles. The summed E-state index contributed by atoms with van der Waals surface area (Å²) in [5.41, 5.74) is 5.18. The number of hydrogen-bond donors (Lipinski definition) is 0. The zero-order valence-electron chi connectivity index (χ0n) is 16.9. The maximum Gasteiger partial charge on any atom is 0.306 e. The maximum absolute atomic E-state index is 12.3. The van der Waals surface area contributed by atoms with Gasteiger partial charge in [0.25, 0.3) is 0 Å². The van der Waals surface area contributed by atoms with Crippen molar-refractivity contribution in [3.63, 3.8) is 0 Å². The van der Waals surface area contributed by atoms with E-state index in [9.17, 15) is 4.79 Å². The van der Waals surface area contributed by atoms with E-state index in [1.54, 1.807) is 11.8 Å². The van der Waals surface area contributed by atoms with Crippen molar-refractivity contribution < 1.29 is 9.53 Å². The van der Waals surface area contributed by atoms with Crippen LogP contribution in [0.2, 0.25) is 5.02 Å². The molecule has 1 unspecified atom stereocenters. The number of benzene rings is 2. The highest BCUT2D eigenvalue weighted by Crippen LogP contribution is 2.42. The molecule has 152 valence electrons. The summed E-state index contributed by atoms with van der Waals surface area (Å²) in [4.78, 5) is 13.6. The van der Waals surface area contributed by atoms with Gasteiger partial charge in [0.2, 0.25) is 0 Å². The Bertz CT molecular complexity index is 1030. The van der Waals surface area contributed by atoms with Gasteiger partial charge in [-0.25, -0.2) is 0 Å². The standard InChI is InChI=1S/C24H26ClNO2S/c1-3-28-22(27)15-17-6-5-13-26-20-7-4-8-21(29-2)23(20)19(24(17)26)14-16-9-11-18(25)12-10-16/h4,7-12,17H,3,5-6,13-15H2,1-2H3. The molecule has 0 saturated carbocycles. The quantitative estimate of drug-likeness (QED) is 0.335. The summed E-state index contributed by atoms with van der Waals surface area (Å²) in [5.74, 6) is 0.103. The molecule has 2 aromatic carbocycles. The topological polar surface area (TPSA) is 31.2 Å². The Morgan fingerprint density at radius 1 is 1.24 bits per heavy atom. The summed E-state index contributed by atoms with van der Waals surface area (Å²) in [6, 6.07) is 14.7. The van der Waals surface area contributed by atoms with Gasteiger partial charge in [-0.15, -0.1) is 11.8 Å². The third-order valence-electron chi connectivity index (χ3n) is 5.75. The molecule has 0 bridgehead atoms. The van der Waals surface area contributed by atoms with E-state index in [-0.39, 0.29) is 11.9 Å². The van der Waals surface area contributed by atoms with Crippen LogP contribution in [0.3, 0.4) is 0 Å². The molecule has 3 aromatic rings. The molecule has 0 N–H and O–H groups in total. The lowest BCUT2D eigenvalue weighted by atomic mass is 9.88. The molecular formula is C24H26ClNO2S. The fraction of sp³-hybridized carbons (Fsp3) is 0.375. The number of thioether (sulfide) groups is 1. The van der Waals surface area contributed by atoms with Gasteiger partial charge in [0, 0.05) is 39.0 Å². The fourth-order valence-electron chi connectivity index (χ4n) is 4.58. The monoisotopic (exact) mass is 427 g/mol. The van der Waals surface area contributed by atoms with Crippen LogP contribution in [-0.2, 0) is 22.5 Å². The number of hydrogen-bond acceptors (Lipinski definition) is 3. The number of aryl methyl sites for hydroxylation is 1. The Morgan fingerprint density at radius 2 is 2.03 bits per heavy atom. The van der Waals surface area contributed by atoms with Crippen molar-refractivity contribution in [2.45, 2.75) is 50.0 Å². The zero-order chi connectivity index (χ0) is 20.4. The van der Waals surface area contributed by atoms with Crippen LogP contribution in [0.5, 0.6) is 0 Å². The van der Waals surface area contributed by atoms with E-state index in [0.29, 0.717) is 13.0 Å². The Labute approximate surface area is 181 Å². The van der Waals surface area contributed by atoms with E-state index < -0.39 is 0 Å². The van der Waals surface area contributed by atoms with Crippen molar-refractivity contribution in [2.75, 3.05) is 12.9 Å². The van der Waals surface area contributed by atoms with Crippen LogP contribution in [0, 0.1) is 0 Å². The molecule has 3 nitrogen and oxygen atoms in total. The number of carbonyl (C=O) groups excluding carboxylic acids is 1. The lowest BCUT2D eigenvalue weighted by Crippen LogP contribution is -2.20. The Morgan fingerprint density at radius 3 is 2.76 bits per heavy atom. The maximum atomic E-state index is 12.3. The smallest absolute Gasteiger partial charge is 0.306 e. The first-order chi connectivity index (χ1) is 14.1. The minimum Gasteiger partial charge on any atom is -0.466 e. The van der Waals surface area contributed by atoms with Crippen LogP contribution >= 0.6 is 23.4 Å². The number of halogens is 1. The second-order valence-corrected chi connectivity index (χ2v) is 8.81. The van der Waals surface area contributed by atoms with Gasteiger partial charge >= 0.3 is 5.97 Å². The number of nitrogens with zero attached hydrogens (tertiary/aromatic N) is 1. The molecule has 0 amide bonds. The molecule has 1 aliphatic heterocycles. The van der Waals surface area contributed by atoms with Crippen LogP contribution in [0.15, 0.2) is 47.4 Å². The second kappa shape index (κ2) is 8.85. The Hall–Kier alpha value is -1.91. The Kier molecular flexibility index (Phi) is 6.21. The first-order valence-corrected chi connectivity index (χ1v) is 11.8. The van der Waals surface area contributed by atoms with Crippen molar-refractivity contribution in [3.8, 4) is 0 Å². The summed E-state index contributed by atoms with van der Waals surface area (Å²) >= 11 is 7.89. The van der Waals surface area contributed by atoms with Gasteiger partial charge in [0.05, 0.1) is 13.0 Å². The number of rotatable bonds is 6. The van der Waals surface area contributed by atoms with Gasteiger partial charge in [-0.2, -0.15) is 0 Å². The van der Waals surface area contributed by atoms with Crippen molar-refractivity contribution in [2.24, 2.45) is 0 Å². The third kappa shape index (κ3) is 4.06. The minimum atomic E-state index is -0.0984. The van der Waals surface area contributed by atoms with E-state index in [1.807, 2.05) is 19.1 Å². The predicted octanol–water partition coefficient (Wildman–Crippen LogP) is 6.44. The molecule has 4 rings (SSSR count). The van der Waals surface area contributed by atoms with Gasteiger partial charge in [0.1, 0.15) is 0 Å². The van der Waals surface area contributed by atoms with E-state index in [0.717, 1.165) is 30.8 Å². The van der Waals surface area contributed by atoms with E-state index in [2.05, 4.69) is 41.2 Å². The SMILES string of the molecule is CCOC(=O)CC1CCCn2c1c(Cc1ccc(Cl)cc1)c1c(SC)cccc12. The molecule has 0 saturated heterocycles. The molecule has 1 atom stereocenters. The summed E-state index contributed by atoms with van der Waals surface area (Å²) < 4.78 is 7.74. The highest BCUT2D eigenvalue weighted by atomic mass is 35.5. The first-order valence-electron chi connectivity index (χ1n) is 10.2. The van der Waals surface area contributed by atoms with Gasteiger partial charge in [0.15, 0.2) is 0 Å². The summed E-state index contributed by atoms with van der Waals surface area (Å²) in [7, 11) is 0. The molecule has 1 aliphatic rings. The summed E-state index contributed by atoms with van der Waals surface area (Å²) in [5, 5.41) is 2.09. The molecule has 0 fully saturated rings. The average molecular weight is 428 g/mol. The molecule has 5 heteroatoms. The van der Waals surface area contributed by atoms with Crippen molar-refractivity contribution in [1.82, 2.24) is 4.57 Å². The van der Waals surface area contributed by atoms with Crippen LogP contribution in [0.1, 0.15) is 48.9 Å². The van der Waals surface area contributed by atoms with Crippen LogP contribution in [-0.4, -0.2) is 23.4 Å². The van der Waals surface area contributed by atoms with Gasteiger partial charge < -0.3 is 9.30 Å². The van der Waals surface area contributed by atoms with Crippen molar-refractivity contribution in [3.05, 3.63) is 64.3 Å². The highest BCUT2D eigenvalue weighted by molar-refractivity contribution is 7.98.